The molecule has 0 aliphatic rings. The second-order valence-electron chi connectivity index (χ2n) is 4.44. The van der Waals surface area contributed by atoms with E-state index >= 15 is 0 Å². The number of hydrogen-bond acceptors (Lipinski definition) is 4. The zero-order valence-corrected chi connectivity index (χ0v) is 11.8. The summed E-state index contributed by atoms with van der Waals surface area (Å²) in [5.74, 6) is -1.74. The van der Waals surface area contributed by atoms with Crippen molar-refractivity contribution in [2.75, 3.05) is 5.32 Å². The van der Waals surface area contributed by atoms with E-state index in [0.717, 1.165) is 0 Å². The highest BCUT2D eigenvalue weighted by atomic mass is 19.3. The van der Waals surface area contributed by atoms with E-state index in [-0.39, 0.29) is 30.1 Å². The standard InChI is InChI=1S/C14H13F2N3O4/c15-14(16)23-11-4-2-1-3-9(11)17-12(20)6-8-19-7-5-10(18-19)13(21)22/h1-5,7,14H,6,8H2,(H,17,20)(H,21,22). The van der Waals surface area contributed by atoms with Crippen LogP contribution in [0.15, 0.2) is 36.5 Å². The Kier molecular flexibility index (Phi) is 5.23. The van der Waals surface area contributed by atoms with Gasteiger partial charge in [-0.25, -0.2) is 4.79 Å². The Hall–Kier alpha value is -2.97. The van der Waals surface area contributed by atoms with Gasteiger partial charge in [0.05, 0.1) is 5.69 Å². The van der Waals surface area contributed by atoms with Gasteiger partial charge in [0, 0.05) is 19.2 Å². The third kappa shape index (κ3) is 4.77. The molecule has 7 nitrogen and oxygen atoms in total. The molecule has 2 N–H and O–H groups in total. The molecular weight excluding hydrogens is 312 g/mol. The van der Waals surface area contributed by atoms with E-state index in [1.54, 1.807) is 6.07 Å². The molecule has 2 aromatic rings. The normalized spacial score (nSPS) is 10.6. The molecule has 0 fully saturated rings. The molecule has 1 aromatic heterocycles. The van der Waals surface area contributed by atoms with Gasteiger partial charge >= 0.3 is 12.6 Å². The monoisotopic (exact) mass is 325 g/mol. The topological polar surface area (TPSA) is 93.5 Å². The number of hydrogen-bond donors (Lipinski definition) is 2. The fourth-order valence-electron chi connectivity index (χ4n) is 1.80. The lowest BCUT2D eigenvalue weighted by Gasteiger charge is -2.11. The van der Waals surface area contributed by atoms with Gasteiger partial charge in [0.25, 0.3) is 0 Å². The molecular formula is C14H13F2N3O4. The summed E-state index contributed by atoms with van der Waals surface area (Å²) >= 11 is 0. The molecule has 0 unspecified atom stereocenters. The van der Waals surface area contributed by atoms with Crippen LogP contribution in [0.3, 0.4) is 0 Å². The first kappa shape index (κ1) is 16.4. The van der Waals surface area contributed by atoms with Gasteiger partial charge in [-0.3, -0.25) is 9.48 Å². The average Bonchev–Trinajstić information content (AvgIpc) is 2.96. The molecule has 0 aliphatic heterocycles. The summed E-state index contributed by atoms with van der Waals surface area (Å²) in [7, 11) is 0. The second-order valence-corrected chi connectivity index (χ2v) is 4.44. The Bertz CT molecular complexity index is 703. The van der Waals surface area contributed by atoms with Gasteiger partial charge in [0.15, 0.2) is 5.69 Å². The first-order chi connectivity index (χ1) is 11.0. The number of carbonyl (C=O) groups is 2. The molecule has 0 aliphatic carbocycles. The smallest absolute Gasteiger partial charge is 0.387 e. The molecule has 0 radical (unpaired) electrons. The number of para-hydroxylation sites is 2. The van der Waals surface area contributed by atoms with Crippen molar-refractivity contribution in [1.29, 1.82) is 0 Å². The number of halogens is 2. The van der Waals surface area contributed by atoms with Gasteiger partial charge in [0.1, 0.15) is 5.75 Å². The molecule has 0 bridgehead atoms. The zero-order chi connectivity index (χ0) is 16.8. The number of aromatic nitrogens is 2. The van der Waals surface area contributed by atoms with E-state index in [1.807, 2.05) is 0 Å². The quantitative estimate of drug-likeness (QED) is 0.814. The van der Waals surface area contributed by atoms with Crippen LogP contribution in [0.5, 0.6) is 5.75 Å². The predicted molar refractivity (Wildman–Crippen MR) is 75.5 cm³/mol. The first-order valence-corrected chi connectivity index (χ1v) is 6.56. The van der Waals surface area contributed by atoms with Gasteiger partial charge in [-0.1, -0.05) is 12.1 Å². The van der Waals surface area contributed by atoms with E-state index in [9.17, 15) is 18.4 Å². The summed E-state index contributed by atoms with van der Waals surface area (Å²) in [6.07, 6.45) is 1.42. The van der Waals surface area contributed by atoms with Crippen LogP contribution in [-0.4, -0.2) is 33.4 Å². The Labute approximate surface area is 129 Å². The van der Waals surface area contributed by atoms with E-state index < -0.39 is 18.5 Å². The van der Waals surface area contributed by atoms with E-state index in [1.165, 1.54) is 35.1 Å². The fraction of sp³-hybridized carbons (Fsp3) is 0.214. The molecule has 122 valence electrons. The van der Waals surface area contributed by atoms with Crippen LogP contribution in [0.25, 0.3) is 0 Å². The van der Waals surface area contributed by atoms with Crippen molar-refractivity contribution in [3.8, 4) is 5.75 Å². The Morgan fingerprint density at radius 3 is 2.70 bits per heavy atom. The van der Waals surface area contributed by atoms with Crippen molar-refractivity contribution in [2.45, 2.75) is 19.6 Å². The maximum Gasteiger partial charge on any atom is 0.387 e. The number of benzene rings is 1. The van der Waals surface area contributed by atoms with E-state index in [2.05, 4.69) is 15.2 Å². The summed E-state index contributed by atoms with van der Waals surface area (Å²) in [5.41, 5.74) is 0.00516. The molecule has 2 rings (SSSR count). The number of amides is 1. The van der Waals surface area contributed by atoms with Crippen molar-refractivity contribution in [2.24, 2.45) is 0 Å². The van der Waals surface area contributed by atoms with Crippen molar-refractivity contribution < 1.29 is 28.2 Å². The van der Waals surface area contributed by atoms with Crippen molar-refractivity contribution >= 4 is 17.6 Å². The maximum absolute atomic E-state index is 12.3. The van der Waals surface area contributed by atoms with Crippen LogP contribution in [0.4, 0.5) is 14.5 Å². The lowest BCUT2D eigenvalue weighted by atomic mass is 10.3. The Morgan fingerprint density at radius 2 is 2.04 bits per heavy atom. The van der Waals surface area contributed by atoms with Crippen LogP contribution < -0.4 is 10.1 Å². The SMILES string of the molecule is O=C(CCn1ccc(C(=O)O)n1)Nc1ccccc1OC(F)F. The molecule has 0 saturated carbocycles. The summed E-state index contributed by atoms with van der Waals surface area (Å²) < 4.78 is 30.2. The number of carboxylic acid groups (broad SMARTS) is 1. The molecule has 0 atom stereocenters. The van der Waals surface area contributed by atoms with Crippen LogP contribution >= 0.6 is 0 Å². The minimum Gasteiger partial charge on any atom is -0.476 e. The molecule has 0 saturated heterocycles. The Morgan fingerprint density at radius 1 is 1.30 bits per heavy atom. The van der Waals surface area contributed by atoms with Gasteiger partial charge in [-0.15, -0.1) is 0 Å². The summed E-state index contributed by atoms with van der Waals surface area (Å²) in [6.45, 7) is -2.84. The number of nitrogens with one attached hydrogen (secondary N) is 1. The highest BCUT2D eigenvalue weighted by molar-refractivity contribution is 5.92. The highest BCUT2D eigenvalue weighted by Crippen LogP contribution is 2.25. The average molecular weight is 325 g/mol. The number of rotatable bonds is 7. The van der Waals surface area contributed by atoms with Crippen molar-refractivity contribution in [3.05, 3.63) is 42.2 Å². The Balaban J connectivity index is 1.93. The van der Waals surface area contributed by atoms with Crippen molar-refractivity contribution in [1.82, 2.24) is 9.78 Å². The summed E-state index contributed by atoms with van der Waals surface area (Å²) in [6, 6.07) is 7.14. The van der Waals surface area contributed by atoms with Gasteiger partial charge in [-0.2, -0.15) is 13.9 Å². The molecule has 1 heterocycles. The van der Waals surface area contributed by atoms with Crippen molar-refractivity contribution in [3.63, 3.8) is 0 Å². The first-order valence-electron chi connectivity index (χ1n) is 6.56. The number of anilines is 1. The fourth-order valence-corrected chi connectivity index (χ4v) is 1.80. The number of nitrogens with zero attached hydrogens (tertiary/aromatic N) is 2. The summed E-state index contributed by atoms with van der Waals surface area (Å²) in [4.78, 5) is 22.5. The number of alkyl halides is 2. The minimum atomic E-state index is -2.99. The van der Waals surface area contributed by atoms with E-state index in [0.29, 0.717) is 0 Å². The third-order valence-electron chi connectivity index (χ3n) is 2.80. The van der Waals surface area contributed by atoms with Crippen LogP contribution in [0.1, 0.15) is 16.9 Å². The highest BCUT2D eigenvalue weighted by Gasteiger charge is 2.12. The summed E-state index contributed by atoms with van der Waals surface area (Å²) in [5, 5.41) is 15.0. The minimum absolute atomic E-state index is 0.0102. The van der Waals surface area contributed by atoms with Gasteiger partial charge in [-0.05, 0) is 18.2 Å². The zero-order valence-electron chi connectivity index (χ0n) is 11.8. The number of carboxylic acids is 1. The second kappa shape index (κ2) is 7.34. The van der Waals surface area contributed by atoms with Crippen LogP contribution in [-0.2, 0) is 11.3 Å². The predicted octanol–water partition coefficient (Wildman–Crippen LogP) is 2.21. The largest absolute Gasteiger partial charge is 0.476 e. The number of ether oxygens (including phenoxy) is 1. The number of aromatic carboxylic acids is 1. The molecule has 9 heteroatoms. The molecule has 23 heavy (non-hydrogen) atoms. The molecule has 1 amide bonds. The van der Waals surface area contributed by atoms with E-state index in [4.69, 9.17) is 5.11 Å². The number of carbonyl (C=O) groups excluding carboxylic acids is 1. The van der Waals surface area contributed by atoms with Gasteiger partial charge in [0.2, 0.25) is 5.91 Å². The van der Waals surface area contributed by atoms with Crippen LogP contribution in [0, 0.1) is 0 Å². The lowest BCUT2D eigenvalue weighted by Crippen LogP contribution is -2.16. The molecule has 1 aromatic carbocycles. The van der Waals surface area contributed by atoms with Gasteiger partial charge < -0.3 is 15.2 Å². The maximum atomic E-state index is 12.3. The van der Waals surface area contributed by atoms with Crippen LogP contribution in [0.2, 0.25) is 0 Å². The number of aryl methyl sites for hydroxylation is 1. The molecule has 0 spiro atoms. The lowest BCUT2D eigenvalue weighted by molar-refractivity contribution is -0.116. The third-order valence-corrected chi connectivity index (χ3v) is 2.80.